The molecule has 0 saturated heterocycles. The molecule has 0 spiro atoms. The molecular formula is C20H20F2N2O2S. The maximum absolute atomic E-state index is 14.8. The second-order valence-electron chi connectivity index (χ2n) is 6.96. The molecule has 2 aromatic carbocycles. The molecule has 3 aromatic rings. The van der Waals surface area contributed by atoms with E-state index in [-0.39, 0.29) is 22.1 Å². The van der Waals surface area contributed by atoms with Crippen LogP contribution < -0.4 is 4.72 Å². The third kappa shape index (κ3) is 3.32. The van der Waals surface area contributed by atoms with E-state index in [1.54, 1.807) is 18.2 Å². The van der Waals surface area contributed by atoms with Crippen molar-refractivity contribution >= 4 is 26.6 Å². The van der Waals surface area contributed by atoms with Crippen LogP contribution in [0.2, 0.25) is 0 Å². The lowest BCUT2D eigenvalue weighted by Crippen LogP contribution is -2.14. The van der Waals surface area contributed by atoms with Crippen LogP contribution in [-0.4, -0.2) is 13.4 Å². The summed E-state index contributed by atoms with van der Waals surface area (Å²) in [5.41, 5.74) is 0.908. The van der Waals surface area contributed by atoms with E-state index in [1.165, 1.54) is 18.3 Å². The summed E-state index contributed by atoms with van der Waals surface area (Å²) in [5.74, 6) is -1.91. The molecule has 27 heavy (non-hydrogen) atoms. The van der Waals surface area contributed by atoms with Crippen LogP contribution in [0.1, 0.15) is 43.6 Å². The second-order valence-corrected chi connectivity index (χ2v) is 8.65. The van der Waals surface area contributed by atoms with Crippen LogP contribution in [0.5, 0.6) is 0 Å². The van der Waals surface area contributed by atoms with E-state index < -0.39 is 21.7 Å². The molecule has 1 aliphatic carbocycles. The molecular weight excluding hydrogens is 370 g/mol. The van der Waals surface area contributed by atoms with Gasteiger partial charge >= 0.3 is 0 Å². The zero-order valence-corrected chi connectivity index (χ0v) is 15.5. The topological polar surface area (TPSA) is 62.0 Å². The molecule has 7 heteroatoms. The van der Waals surface area contributed by atoms with E-state index in [0.717, 1.165) is 38.2 Å². The third-order valence-electron chi connectivity index (χ3n) is 5.21. The molecule has 0 unspecified atom stereocenters. The first kappa shape index (κ1) is 18.0. The Kier molecular flexibility index (Phi) is 4.63. The van der Waals surface area contributed by atoms with Gasteiger partial charge in [-0.1, -0.05) is 37.5 Å². The fraction of sp³-hybridized carbons (Fsp3) is 0.300. The van der Waals surface area contributed by atoms with Gasteiger partial charge in [0.1, 0.15) is 0 Å². The van der Waals surface area contributed by atoms with Crippen LogP contribution in [0.15, 0.2) is 47.5 Å². The molecule has 1 saturated carbocycles. The van der Waals surface area contributed by atoms with Crippen LogP contribution in [-0.2, 0) is 10.0 Å². The molecule has 1 fully saturated rings. The number of rotatable bonds is 4. The Balaban J connectivity index is 1.84. The summed E-state index contributed by atoms with van der Waals surface area (Å²) in [7, 11) is -3.83. The van der Waals surface area contributed by atoms with Gasteiger partial charge in [-0.05, 0) is 30.9 Å². The Bertz CT molecular complexity index is 1070. The van der Waals surface area contributed by atoms with Crippen LogP contribution >= 0.6 is 0 Å². The quantitative estimate of drug-likeness (QED) is 0.635. The molecule has 1 aliphatic rings. The van der Waals surface area contributed by atoms with Crippen molar-refractivity contribution in [3.8, 4) is 0 Å². The average molecular weight is 390 g/mol. The number of anilines is 1. The van der Waals surface area contributed by atoms with Gasteiger partial charge in [0, 0.05) is 23.2 Å². The van der Waals surface area contributed by atoms with E-state index in [2.05, 4.69) is 9.71 Å². The van der Waals surface area contributed by atoms with E-state index in [0.29, 0.717) is 10.9 Å². The minimum Gasteiger partial charge on any atom is -0.359 e. The fourth-order valence-corrected chi connectivity index (χ4v) is 5.01. The smallest absolute Gasteiger partial charge is 0.261 e. The summed E-state index contributed by atoms with van der Waals surface area (Å²) < 4.78 is 56.8. The second kappa shape index (κ2) is 6.96. The Morgan fingerprint density at radius 3 is 2.44 bits per heavy atom. The van der Waals surface area contributed by atoms with E-state index in [9.17, 15) is 17.2 Å². The van der Waals surface area contributed by atoms with Gasteiger partial charge in [-0.15, -0.1) is 0 Å². The number of benzene rings is 2. The van der Waals surface area contributed by atoms with Crippen LogP contribution in [0, 0.1) is 11.6 Å². The maximum Gasteiger partial charge on any atom is 0.261 e. The van der Waals surface area contributed by atoms with Gasteiger partial charge in [-0.2, -0.15) is 0 Å². The van der Waals surface area contributed by atoms with Crippen LogP contribution in [0.4, 0.5) is 14.5 Å². The molecule has 4 nitrogen and oxygen atoms in total. The predicted molar refractivity (Wildman–Crippen MR) is 101 cm³/mol. The summed E-state index contributed by atoms with van der Waals surface area (Å²) in [4.78, 5) is 2.99. The monoisotopic (exact) mass is 390 g/mol. The Morgan fingerprint density at radius 1 is 1.04 bits per heavy atom. The lowest BCUT2D eigenvalue weighted by atomic mass is 9.82. The van der Waals surface area contributed by atoms with Crippen molar-refractivity contribution < 1.29 is 17.2 Å². The number of nitrogens with one attached hydrogen (secondary N) is 2. The molecule has 0 amide bonds. The van der Waals surface area contributed by atoms with E-state index in [1.807, 2.05) is 0 Å². The van der Waals surface area contributed by atoms with Gasteiger partial charge in [0.2, 0.25) is 0 Å². The van der Waals surface area contributed by atoms with Crippen molar-refractivity contribution in [3.63, 3.8) is 0 Å². The minimum atomic E-state index is -3.83. The van der Waals surface area contributed by atoms with E-state index >= 15 is 0 Å². The first-order valence-corrected chi connectivity index (χ1v) is 10.5. The first-order chi connectivity index (χ1) is 13.0. The lowest BCUT2D eigenvalue weighted by molar-refractivity contribution is 0.420. The summed E-state index contributed by atoms with van der Waals surface area (Å²) >= 11 is 0. The molecule has 0 atom stereocenters. The Labute approximate surface area is 156 Å². The number of sulfonamides is 1. The maximum atomic E-state index is 14.8. The third-order valence-corrected chi connectivity index (χ3v) is 6.59. The largest absolute Gasteiger partial charge is 0.359 e. The van der Waals surface area contributed by atoms with Crippen molar-refractivity contribution in [1.29, 1.82) is 0 Å². The highest BCUT2D eigenvalue weighted by Crippen LogP contribution is 2.41. The van der Waals surface area contributed by atoms with Crippen molar-refractivity contribution in [1.82, 2.24) is 4.98 Å². The van der Waals surface area contributed by atoms with Gasteiger partial charge in [0.05, 0.1) is 16.1 Å². The molecule has 4 rings (SSSR count). The van der Waals surface area contributed by atoms with Crippen molar-refractivity contribution in [2.45, 2.75) is 42.9 Å². The van der Waals surface area contributed by atoms with Gasteiger partial charge in [-0.3, -0.25) is 4.72 Å². The number of halogens is 2. The number of aromatic nitrogens is 1. The normalized spacial score (nSPS) is 15.9. The van der Waals surface area contributed by atoms with Crippen LogP contribution in [0.3, 0.4) is 0 Å². The van der Waals surface area contributed by atoms with Crippen molar-refractivity contribution in [2.24, 2.45) is 0 Å². The number of hydrogen-bond acceptors (Lipinski definition) is 2. The molecule has 0 aliphatic heterocycles. The number of aromatic amines is 1. The van der Waals surface area contributed by atoms with Gasteiger partial charge < -0.3 is 4.98 Å². The zero-order chi connectivity index (χ0) is 19.0. The Morgan fingerprint density at radius 2 is 1.74 bits per heavy atom. The Hall–Kier alpha value is -2.41. The summed E-state index contributed by atoms with van der Waals surface area (Å²) in [5, 5.41) is 0.417. The van der Waals surface area contributed by atoms with Crippen LogP contribution in [0.25, 0.3) is 10.9 Å². The number of H-pyrrole nitrogens is 1. The minimum absolute atomic E-state index is 0.112. The van der Waals surface area contributed by atoms with Crippen molar-refractivity contribution in [3.05, 3.63) is 59.8 Å². The molecule has 0 bridgehead atoms. The lowest BCUT2D eigenvalue weighted by Gasteiger charge is -2.24. The highest BCUT2D eigenvalue weighted by atomic mass is 32.2. The van der Waals surface area contributed by atoms with Gasteiger partial charge in [0.25, 0.3) is 10.0 Å². The predicted octanol–water partition coefficient (Wildman–Crippen LogP) is 5.29. The standard InChI is InChI=1S/C20H20F2N2O2S/c21-15-11-16-19(18(20(15)22)13-7-3-1-4-8-13)17(12-23-16)24-27(25,26)14-9-5-2-6-10-14/h2,5-6,9-13,23-24H,1,3-4,7-8H2. The van der Waals surface area contributed by atoms with Gasteiger partial charge in [-0.25, -0.2) is 17.2 Å². The molecule has 1 heterocycles. The molecule has 0 radical (unpaired) electrons. The molecule has 142 valence electrons. The SMILES string of the molecule is O=S(=O)(Nc1c[nH]c2cc(F)c(F)c(C3CCCCC3)c12)c1ccccc1. The van der Waals surface area contributed by atoms with Crippen molar-refractivity contribution in [2.75, 3.05) is 4.72 Å². The summed E-state index contributed by atoms with van der Waals surface area (Å²) in [6.45, 7) is 0. The highest BCUT2D eigenvalue weighted by molar-refractivity contribution is 7.92. The number of hydrogen-bond donors (Lipinski definition) is 2. The molecule has 1 aromatic heterocycles. The van der Waals surface area contributed by atoms with E-state index in [4.69, 9.17) is 0 Å². The first-order valence-electron chi connectivity index (χ1n) is 9.04. The number of fused-ring (bicyclic) bond motifs is 1. The summed E-state index contributed by atoms with van der Waals surface area (Å²) in [6, 6.07) is 9.04. The fourth-order valence-electron chi connectivity index (χ4n) is 3.93. The average Bonchev–Trinajstić information content (AvgIpc) is 3.05. The highest BCUT2D eigenvalue weighted by Gasteiger charge is 2.27. The molecule has 2 N–H and O–H groups in total. The summed E-state index contributed by atoms with van der Waals surface area (Å²) in [6.07, 6.45) is 5.99. The zero-order valence-electron chi connectivity index (χ0n) is 14.6. The van der Waals surface area contributed by atoms with Gasteiger partial charge in [0.15, 0.2) is 11.6 Å².